The third-order valence-corrected chi connectivity index (χ3v) is 4.48. The minimum atomic E-state index is -3.29. The molecule has 0 aromatic rings. The van der Waals surface area contributed by atoms with Gasteiger partial charge >= 0.3 is 13.6 Å². The summed E-state index contributed by atoms with van der Waals surface area (Å²) in [6, 6.07) is 0. The van der Waals surface area contributed by atoms with Crippen molar-refractivity contribution in [3.05, 3.63) is 0 Å². The highest BCUT2D eigenvalue weighted by atomic mass is 31.2. The molecule has 0 rings (SSSR count). The topological polar surface area (TPSA) is 71.1 Å². The maximum absolute atomic E-state index is 12.5. The molecule has 0 saturated carbocycles. The zero-order valence-corrected chi connectivity index (χ0v) is 16.6. The van der Waals surface area contributed by atoms with Gasteiger partial charge in [0.1, 0.15) is 11.9 Å². The smallest absolute Gasteiger partial charge is 0.356 e. The van der Waals surface area contributed by atoms with Crippen LogP contribution >= 0.6 is 7.60 Å². The zero-order valence-electron chi connectivity index (χ0n) is 15.8. The van der Waals surface area contributed by atoms with Gasteiger partial charge in [-0.1, -0.05) is 6.92 Å². The molecule has 1 atom stereocenters. The van der Waals surface area contributed by atoms with Gasteiger partial charge in [0, 0.05) is 6.61 Å². The van der Waals surface area contributed by atoms with Crippen molar-refractivity contribution in [2.24, 2.45) is 5.92 Å². The van der Waals surface area contributed by atoms with Crippen LogP contribution in [0.4, 0.5) is 0 Å². The monoisotopic (exact) mass is 352 g/mol. The predicted octanol–water partition coefficient (Wildman–Crippen LogP) is 4.37. The Bertz CT molecular complexity index is 386. The van der Waals surface area contributed by atoms with Crippen LogP contribution in [-0.4, -0.2) is 36.7 Å². The largest absolute Gasteiger partial charge is 0.460 e. The number of hydrogen-bond acceptors (Lipinski definition) is 6. The molecule has 0 N–H and O–H groups in total. The summed E-state index contributed by atoms with van der Waals surface area (Å²) in [6.45, 7) is 14.7. The van der Waals surface area contributed by atoms with Gasteiger partial charge in [0.05, 0.1) is 18.1 Å². The average Bonchev–Trinajstić information content (AvgIpc) is 2.29. The van der Waals surface area contributed by atoms with E-state index in [4.69, 9.17) is 18.5 Å². The Kier molecular flexibility index (Phi) is 9.60. The Balaban J connectivity index is 4.29. The van der Waals surface area contributed by atoms with Gasteiger partial charge in [0.15, 0.2) is 0 Å². The van der Waals surface area contributed by atoms with E-state index in [1.54, 1.807) is 34.6 Å². The number of ether oxygens (including phenoxy) is 2. The number of carbonyl (C=O) groups is 1. The molecule has 0 aliphatic rings. The van der Waals surface area contributed by atoms with Gasteiger partial charge < -0.3 is 18.5 Å². The Morgan fingerprint density at radius 3 is 1.87 bits per heavy atom. The molecule has 0 aliphatic heterocycles. The molecule has 0 radical (unpaired) electrons. The maximum Gasteiger partial charge on any atom is 0.356 e. The van der Waals surface area contributed by atoms with Crippen molar-refractivity contribution in [1.29, 1.82) is 0 Å². The standard InChI is InChI=1S/C16H33O6P/c1-12(2)21-23(18,22-13(3)4)11-19-10-9-14(5)15(17)20-16(6,7)8/h12-14H,9-11H2,1-8H3/t14-/m0/s1. The summed E-state index contributed by atoms with van der Waals surface area (Å²) in [5.41, 5.74) is -0.502. The first kappa shape index (κ1) is 22.6. The van der Waals surface area contributed by atoms with Crippen molar-refractivity contribution in [2.75, 3.05) is 13.0 Å². The molecular formula is C16H33O6P. The fourth-order valence-electron chi connectivity index (χ4n) is 1.68. The summed E-state index contributed by atoms with van der Waals surface area (Å²) in [5, 5.41) is 0. The van der Waals surface area contributed by atoms with E-state index in [0.29, 0.717) is 6.42 Å². The minimum Gasteiger partial charge on any atom is -0.460 e. The molecule has 138 valence electrons. The van der Waals surface area contributed by atoms with E-state index in [1.807, 2.05) is 20.8 Å². The number of carbonyl (C=O) groups excluding carboxylic acids is 1. The SMILES string of the molecule is CC(C)OP(=O)(COCC[C@H](C)C(=O)OC(C)(C)C)OC(C)C. The van der Waals surface area contributed by atoms with Crippen molar-refractivity contribution in [1.82, 2.24) is 0 Å². The lowest BCUT2D eigenvalue weighted by Crippen LogP contribution is -2.28. The highest BCUT2D eigenvalue weighted by Gasteiger charge is 2.28. The van der Waals surface area contributed by atoms with E-state index < -0.39 is 13.2 Å². The third-order valence-electron chi connectivity index (χ3n) is 2.50. The summed E-state index contributed by atoms with van der Waals surface area (Å²) >= 11 is 0. The van der Waals surface area contributed by atoms with Crippen LogP contribution in [0.3, 0.4) is 0 Å². The quantitative estimate of drug-likeness (QED) is 0.330. The summed E-state index contributed by atoms with van der Waals surface area (Å²) in [6.07, 6.45) is -0.0735. The summed E-state index contributed by atoms with van der Waals surface area (Å²) in [7, 11) is -3.29. The van der Waals surface area contributed by atoms with Gasteiger partial charge in [-0.3, -0.25) is 9.36 Å². The van der Waals surface area contributed by atoms with E-state index >= 15 is 0 Å². The average molecular weight is 352 g/mol. The van der Waals surface area contributed by atoms with Crippen molar-refractivity contribution >= 4 is 13.6 Å². The molecule has 0 bridgehead atoms. The van der Waals surface area contributed by atoms with Crippen molar-refractivity contribution in [2.45, 2.75) is 79.6 Å². The van der Waals surface area contributed by atoms with Gasteiger partial charge in [-0.25, -0.2) is 0 Å². The molecule has 0 saturated heterocycles. The van der Waals surface area contributed by atoms with Crippen molar-refractivity contribution < 1.29 is 27.9 Å². The Morgan fingerprint density at radius 1 is 1.00 bits per heavy atom. The summed E-state index contributed by atoms with van der Waals surface area (Å²) in [5.74, 6) is -0.549. The van der Waals surface area contributed by atoms with Crippen LogP contribution in [0.2, 0.25) is 0 Å². The van der Waals surface area contributed by atoms with Crippen LogP contribution in [0.25, 0.3) is 0 Å². The second kappa shape index (κ2) is 9.77. The van der Waals surface area contributed by atoms with Crippen LogP contribution in [0.5, 0.6) is 0 Å². The fraction of sp³-hybridized carbons (Fsp3) is 0.938. The van der Waals surface area contributed by atoms with Crippen LogP contribution in [0, 0.1) is 5.92 Å². The molecule has 0 unspecified atom stereocenters. The summed E-state index contributed by atoms with van der Waals surface area (Å²) in [4.78, 5) is 11.9. The lowest BCUT2D eigenvalue weighted by atomic mass is 10.1. The molecule has 0 spiro atoms. The second-order valence-electron chi connectivity index (χ2n) is 7.18. The van der Waals surface area contributed by atoms with Crippen LogP contribution in [-0.2, 0) is 27.9 Å². The number of rotatable bonds is 10. The molecule has 0 aliphatic carbocycles. The Labute approximate surface area is 140 Å². The molecule has 0 aromatic heterocycles. The normalized spacial score (nSPS) is 14.3. The highest BCUT2D eigenvalue weighted by molar-refractivity contribution is 7.53. The first-order valence-electron chi connectivity index (χ1n) is 8.11. The zero-order chi connectivity index (χ0) is 18.3. The number of esters is 1. The van der Waals surface area contributed by atoms with Crippen molar-refractivity contribution in [3.8, 4) is 0 Å². The van der Waals surface area contributed by atoms with Crippen LogP contribution < -0.4 is 0 Å². The van der Waals surface area contributed by atoms with E-state index in [1.165, 1.54) is 0 Å². The fourth-order valence-corrected chi connectivity index (χ4v) is 3.49. The molecule has 7 heteroatoms. The van der Waals surface area contributed by atoms with Crippen LogP contribution in [0.15, 0.2) is 0 Å². The van der Waals surface area contributed by atoms with Crippen molar-refractivity contribution in [3.63, 3.8) is 0 Å². The van der Waals surface area contributed by atoms with E-state index in [0.717, 1.165) is 0 Å². The lowest BCUT2D eigenvalue weighted by molar-refractivity contribution is -0.159. The molecule has 0 amide bonds. The molecule has 0 fully saturated rings. The molecule has 0 heterocycles. The van der Waals surface area contributed by atoms with Crippen LogP contribution in [0.1, 0.15) is 61.8 Å². The predicted molar refractivity (Wildman–Crippen MR) is 90.5 cm³/mol. The van der Waals surface area contributed by atoms with E-state index in [9.17, 15) is 9.36 Å². The Morgan fingerprint density at radius 2 is 1.48 bits per heavy atom. The molecular weight excluding hydrogens is 319 g/mol. The van der Waals surface area contributed by atoms with E-state index in [2.05, 4.69) is 0 Å². The molecule has 0 aromatic carbocycles. The van der Waals surface area contributed by atoms with Gasteiger partial charge in [0.25, 0.3) is 0 Å². The third kappa shape index (κ3) is 11.7. The van der Waals surface area contributed by atoms with Gasteiger partial charge in [0.2, 0.25) is 0 Å². The molecule has 23 heavy (non-hydrogen) atoms. The Hall–Kier alpha value is -0.420. The first-order valence-corrected chi connectivity index (χ1v) is 9.84. The van der Waals surface area contributed by atoms with Gasteiger partial charge in [-0.05, 0) is 54.9 Å². The highest BCUT2D eigenvalue weighted by Crippen LogP contribution is 2.50. The minimum absolute atomic E-state index is 0.121. The molecule has 6 nitrogen and oxygen atoms in total. The number of hydrogen-bond donors (Lipinski definition) is 0. The van der Waals surface area contributed by atoms with E-state index in [-0.39, 0.29) is 37.0 Å². The summed E-state index contributed by atoms with van der Waals surface area (Å²) < 4.78 is 34.0. The lowest BCUT2D eigenvalue weighted by Gasteiger charge is -2.23. The maximum atomic E-state index is 12.5. The van der Waals surface area contributed by atoms with Gasteiger partial charge in [-0.2, -0.15) is 0 Å². The second-order valence-corrected chi connectivity index (χ2v) is 9.08. The van der Waals surface area contributed by atoms with Gasteiger partial charge in [-0.15, -0.1) is 0 Å². The first-order chi connectivity index (χ1) is 10.3.